The summed E-state index contributed by atoms with van der Waals surface area (Å²) in [5.41, 5.74) is 0.998. The molecule has 1 heterocycles. The normalized spacial score (nSPS) is 24.4. The molecule has 9 heteroatoms. The number of nitrogens with zero attached hydrogens (tertiary/aromatic N) is 1. The number of amides is 3. The lowest BCUT2D eigenvalue weighted by molar-refractivity contribution is -0.157. The fourth-order valence-electron chi connectivity index (χ4n) is 4.34. The largest absolute Gasteiger partial charge is 0.460 e. The molecule has 9 nitrogen and oxygen atoms in total. The molecule has 0 saturated carbocycles. The van der Waals surface area contributed by atoms with E-state index in [-0.39, 0.29) is 24.7 Å². The first-order valence-electron chi connectivity index (χ1n) is 13.1. The molecule has 0 radical (unpaired) electrons. The van der Waals surface area contributed by atoms with Crippen LogP contribution in [0.5, 0.6) is 0 Å². The highest BCUT2D eigenvalue weighted by Gasteiger charge is 2.34. The SMILES string of the molecule is CCCC[C@H](C)[C@H]1CC(=O)N[C@@H](Cc2ccccc2C#N)C(=O)N[C@@H](C)C(=O)N[C@H](CC(C)C)C(=O)O1. The van der Waals surface area contributed by atoms with Crippen LogP contribution in [0.4, 0.5) is 0 Å². The first kappa shape index (κ1) is 29.8. The van der Waals surface area contributed by atoms with Gasteiger partial charge >= 0.3 is 5.97 Å². The zero-order chi connectivity index (χ0) is 27.5. The predicted molar refractivity (Wildman–Crippen MR) is 139 cm³/mol. The number of hydrogen-bond donors (Lipinski definition) is 3. The summed E-state index contributed by atoms with van der Waals surface area (Å²) in [6, 6.07) is 6.08. The molecule has 1 aromatic carbocycles. The van der Waals surface area contributed by atoms with Crippen LogP contribution < -0.4 is 16.0 Å². The summed E-state index contributed by atoms with van der Waals surface area (Å²) >= 11 is 0. The van der Waals surface area contributed by atoms with Crippen molar-refractivity contribution in [2.45, 2.75) is 97.4 Å². The molecule has 1 aliphatic heterocycles. The zero-order valence-corrected chi connectivity index (χ0v) is 22.5. The van der Waals surface area contributed by atoms with Crippen LogP contribution in [-0.4, -0.2) is 47.9 Å². The summed E-state index contributed by atoms with van der Waals surface area (Å²) in [5, 5.41) is 17.6. The number of rotatable bonds is 8. The molecule has 0 spiro atoms. The van der Waals surface area contributed by atoms with E-state index in [0.717, 1.165) is 19.3 Å². The van der Waals surface area contributed by atoms with Crippen LogP contribution >= 0.6 is 0 Å². The van der Waals surface area contributed by atoms with E-state index in [0.29, 0.717) is 17.5 Å². The Balaban J connectivity index is 2.41. The van der Waals surface area contributed by atoms with Gasteiger partial charge in [-0.15, -0.1) is 0 Å². The molecule has 202 valence electrons. The minimum Gasteiger partial charge on any atom is -0.460 e. The van der Waals surface area contributed by atoms with E-state index < -0.39 is 47.9 Å². The Morgan fingerprint density at radius 2 is 1.73 bits per heavy atom. The lowest BCUT2D eigenvalue weighted by atomic mass is 9.94. The number of carbonyl (C=O) groups excluding carboxylic acids is 4. The molecule has 1 saturated heterocycles. The van der Waals surface area contributed by atoms with Crippen molar-refractivity contribution in [3.63, 3.8) is 0 Å². The number of ether oxygens (including phenoxy) is 1. The van der Waals surface area contributed by atoms with E-state index in [2.05, 4.69) is 28.9 Å². The molecule has 1 aromatic rings. The summed E-state index contributed by atoms with van der Waals surface area (Å²) in [5.74, 6) is -2.09. The van der Waals surface area contributed by atoms with Crippen molar-refractivity contribution in [3.8, 4) is 6.07 Å². The molecule has 1 aliphatic rings. The van der Waals surface area contributed by atoms with Gasteiger partial charge in [0.2, 0.25) is 17.7 Å². The van der Waals surface area contributed by atoms with Gasteiger partial charge in [-0.05, 0) is 43.2 Å². The Kier molecular flexibility index (Phi) is 11.6. The number of hydrogen-bond acceptors (Lipinski definition) is 6. The van der Waals surface area contributed by atoms with Gasteiger partial charge in [-0.25, -0.2) is 4.79 Å². The highest BCUT2D eigenvalue weighted by atomic mass is 16.5. The van der Waals surface area contributed by atoms with E-state index in [1.54, 1.807) is 24.3 Å². The molecule has 0 aliphatic carbocycles. The minimum absolute atomic E-state index is 0.0709. The van der Waals surface area contributed by atoms with Crippen LogP contribution in [0.15, 0.2) is 24.3 Å². The molecule has 0 bridgehead atoms. The van der Waals surface area contributed by atoms with Gasteiger partial charge in [0.25, 0.3) is 0 Å². The van der Waals surface area contributed by atoms with E-state index >= 15 is 0 Å². The van der Waals surface area contributed by atoms with Gasteiger partial charge in [0, 0.05) is 6.42 Å². The second-order valence-electron chi connectivity index (χ2n) is 10.3. The zero-order valence-electron chi connectivity index (χ0n) is 22.5. The Morgan fingerprint density at radius 1 is 1.03 bits per heavy atom. The first-order chi connectivity index (χ1) is 17.5. The maximum absolute atomic E-state index is 13.2. The highest BCUT2D eigenvalue weighted by molar-refractivity contribution is 5.94. The van der Waals surface area contributed by atoms with Gasteiger partial charge in [-0.1, -0.05) is 58.7 Å². The van der Waals surface area contributed by atoms with Crippen molar-refractivity contribution in [2.75, 3.05) is 0 Å². The van der Waals surface area contributed by atoms with Gasteiger partial charge < -0.3 is 20.7 Å². The number of nitrogens with one attached hydrogen (secondary N) is 3. The maximum atomic E-state index is 13.2. The molecule has 2 rings (SSSR count). The van der Waals surface area contributed by atoms with Crippen LogP contribution in [0.1, 0.15) is 77.8 Å². The Labute approximate surface area is 219 Å². The average molecular weight is 513 g/mol. The van der Waals surface area contributed by atoms with E-state index in [1.165, 1.54) is 6.92 Å². The second kappa shape index (κ2) is 14.4. The molecule has 3 N–H and O–H groups in total. The Hall–Kier alpha value is -3.41. The monoisotopic (exact) mass is 512 g/mol. The summed E-state index contributed by atoms with van der Waals surface area (Å²) in [6.45, 7) is 9.38. The van der Waals surface area contributed by atoms with Crippen molar-refractivity contribution >= 4 is 23.7 Å². The summed E-state index contributed by atoms with van der Waals surface area (Å²) in [6.07, 6.45) is 2.25. The van der Waals surface area contributed by atoms with Crippen LogP contribution in [0, 0.1) is 23.2 Å². The van der Waals surface area contributed by atoms with E-state index in [1.807, 2.05) is 20.8 Å². The van der Waals surface area contributed by atoms with Crippen LogP contribution in [0.3, 0.4) is 0 Å². The third-order valence-electron chi connectivity index (χ3n) is 6.58. The lowest BCUT2D eigenvalue weighted by Gasteiger charge is -2.27. The smallest absolute Gasteiger partial charge is 0.328 e. The van der Waals surface area contributed by atoms with Crippen molar-refractivity contribution in [1.29, 1.82) is 5.26 Å². The van der Waals surface area contributed by atoms with Gasteiger partial charge in [0.15, 0.2) is 0 Å². The quantitative estimate of drug-likeness (QED) is 0.458. The van der Waals surface area contributed by atoms with Crippen molar-refractivity contribution < 1.29 is 23.9 Å². The van der Waals surface area contributed by atoms with Crippen molar-refractivity contribution in [3.05, 3.63) is 35.4 Å². The summed E-state index contributed by atoms with van der Waals surface area (Å²) < 4.78 is 5.84. The van der Waals surface area contributed by atoms with Crippen molar-refractivity contribution in [2.24, 2.45) is 11.8 Å². The third-order valence-corrected chi connectivity index (χ3v) is 6.58. The molecule has 3 amide bonds. The van der Waals surface area contributed by atoms with Gasteiger partial charge in [-0.3, -0.25) is 14.4 Å². The molecule has 5 atom stereocenters. The summed E-state index contributed by atoms with van der Waals surface area (Å²) in [7, 11) is 0. The number of unbranched alkanes of at least 4 members (excludes halogenated alkanes) is 1. The van der Waals surface area contributed by atoms with Gasteiger partial charge in [-0.2, -0.15) is 5.26 Å². The molecule has 0 unspecified atom stereocenters. The summed E-state index contributed by atoms with van der Waals surface area (Å²) in [4.78, 5) is 52.4. The Bertz CT molecular complexity index is 1000. The number of esters is 1. The second-order valence-corrected chi connectivity index (χ2v) is 10.3. The molecule has 1 fully saturated rings. The number of carbonyl (C=O) groups is 4. The predicted octanol–water partition coefficient (Wildman–Crippen LogP) is 2.76. The van der Waals surface area contributed by atoms with Crippen molar-refractivity contribution in [1.82, 2.24) is 16.0 Å². The fourth-order valence-corrected chi connectivity index (χ4v) is 4.34. The molecular weight excluding hydrogens is 472 g/mol. The van der Waals surface area contributed by atoms with Gasteiger partial charge in [0.1, 0.15) is 24.2 Å². The van der Waals surface area contributed by atoms with E-state index in [4.69, 9.17) is 4.74 Å². The molecule has 37 heavy (non-hydrogen) atoms. The first-order valence-corrected chi connectivity index (χ1v) is 13.1. The average Bonchev–Trinajstić information content (AvgIpc) is 2.85. The number of cyclic esters (lactones) is 1. The van der Waals surface area contributed by atoms with Crippen LogP contribution in [0.2, 0.25) is 0 Å². The third kappa shape index (κ3) is 9.19. The maximum Gasteiger partial charge on any atom is 0.328 e. The minimum atomic E-state index is -1.02. The van der Waals surface area contributed by atoms with Crippen LogP contribution in [-0.2, 0) is 30.3 Å². The van der Waals surface area contributed by atoms with E-state index in [9.17, 15) is 24.4 Å². The van der Waals surface area contributed by atoms with Crippen LogP contribution in [0.25, 0.3) is 0 Å². The highest BCUT2D eigenvalue weighted by Crippen LogP contribution is 2.21. The molecule has 0 aromatic heterocycles. The topological polar surface area (TPSA) is 137 Å². The Morgan fingerprint density at radius 3 is 2.38 bits per heavy atom. The number of benzene rings is 1. The van der Waals surface area contributed by atoms with Gasteiger partial charge in [0.05, 0.1) is 18.1 Å². The number of nitriles is 1. The standard InChI is InChI=1S/C28H40N4O5/c1-6-7-10-18(4)24-15-25(33)31-22(14-20-11-8-9-12-21(20)16-29)27(35)30-19(5)26(34)32-23(13-17(2)3)28(36)37-24/h8-9,11-12,17-19,22-24H,6-7,10,13-15H2,1-5H3,(H,30,35)(H,31,33)(H,32,34)/t18-,19-,22-,23+,24+/m0/s1. The lowest BCUT2D eigenvalue weighted by Crippen LogP contribution is -2.55. The fraction of sp³-hybridized carbons (Fsp3) is 0.607. The molecular formula is C28H40N4O5.